The minimum absolute atomic E-state index is 0.0469. The van der Waals surface area contributed by atoms with E-state index < -0.39 is 12.7 Å². The number of fused-ring (bicyclic) bond motifs is 1. The maximum atomic E-state index is 12.8. The first-order valence-corrected chi connectivity index (χ1v) is 9.39. The van der Waals surface area contributed by atoms with Gasteiger partial charge >= 0.3 is 6.18 Å². The molecule has 1 aliphatic heterocycles. The fourth-order valence-corrected chi connectivity index (χ4v) is 3.64. The smallest absolute Gasteiger partial charge is 0.406 e. The summed E-state index contributed by atoms with van der Waals surface area (Å²) in [5.41, 5.74) is 0.394. The maximum absolute atomic E-state index is 12.8. The van der Waals surface area contributed by atoms with Crippen LogP contribution >= 0.6 is 0 Å². The summed E-state index contributed by atoms with van der Waals surface area (Å²) < 4.78 is 47.0. The van der Waals surface area contributed by atoms with Crippen LogP contribution in [0.2, 0.25) is 0 Å². The molecule has 0 bridgehead atoms. The molecule has 0 saturated carbocycles. The Morgan fingerprint density at radius 2 is 1.97 bits per heavy atom. The van der Waals surface area contributed by atoms with E-state index in [4.69, 9.17) is 4.74 Å². The van der Waals surface area contributed by atoms with Crippen LogP contribution < -0.4 is 15.2 Å². The number of benzene rings is 1. The Hall–Kier alpha value is -2.97. The summed E-state index contributed by atoms with van der Waals surface area (Å²) in [5.74, 6) is 1.24. The van der Waals surface area contributed by atoms with Gasteiger partial charge in [0.15, 0.2) is 0 Å². The van der Waals surface area contributed by atoms with E-state index in [1.165, 1.54) is 27.7 Å². The summed E-state index contributed by atoms with van der Waals surface area (Å²) >= 11 is 0. The summed E-state index contributed by atoms with van der Waals surface area (Å²) in [4.78, 5) is 18.1. The van der Waals surface area contributed by atoms with Crippen LogP contribution in [0.4, 0.5) is 19.0 Å². The molecule has 0 atom stereocenters. The highest BCUT2D eigenvalue weighted by molar-refractivity contribution is 5.86. The molecule has 4 rings (SSSR count). The Labute approximate surface area is 165 Å². The van der Waals surface area contributed by atoms with E-state index in [2.05, 4.69) is 4.98 Å². The van der Waals surface area contributed by atoms with E-state index in [1.54, 1.807) is 31.3 Å². The number of piperidine rings is 1. The molecule has 1 aromatic carbocycles. The van der Waals surface area contributed by atoms with Gasteiger partial charge in [-0.3, -0.25) is 4.79 Å². The zero-order chi connectivity index (χ0) is 20.6. The molecular weight excluding hydrogens is 385 g/mol. The first-order chi connectivity index (χ1) is 13.8. The van der Waals surface area contributed by atoms with Crippen LogP contribution in [-0.2, 0) is 13.6 Å². The third-order valence-electron chi connectivity index (χ3n) is 5.15. The molecule has 3 aromatic rings. The van der Waals surface area contributed by atoms with Crippen LogP contribution in [0.5, 0.6) is 5.75 Å². The number of ether oxygens (including phenoxy) is 1. The molecule has 9 heteroatoms. The number of hydrogen-bond donors (Lipinski definition) is 0. The van der Waals surface area contributed by atoms with E-state index in [9.17, 15) is 18.0 Å². The molecule has 0 spiro atoms. The number of aryl methyl sites for hydroxylation is 1. The average molecular weight is 406 g/mol. The van der Waals surface area contributed by atoms with Crippen molar-refractivity contribution in [2.75, 3.05) is 18.0 Å². The number of alkyl halides is 3. The normalized spacial score (nSPS) is 15.8. The van der Waals surface area contributed by atoms with Crippen molar-refractivity contribution in [3.05, 3.63) is 53.2 Å². The van der Waals surface area contributed by atoms with Gasteiger partial charge in [0.1, 0.15) is 24.2 Å². The van der Waals surface area contributed by atoms with Gasteiger partial charge < -0.3 is 18.8 Å². The van der Waals surface area contributed by atoms with Crippen LogP contribution in [0.15, 0.2) is 47.7 Å². The SMILES string of the molecule is Cn1cnc(N2CCC(Oc3cccc4c3ccn4CC(F)(F)F)CC2)cc1=O. The number of hydrogen-bond acceptors (Lipinski definition) is 4. The number of anilines is 1. The zero-order valence-electron chi connectivity index (χ0n) is 15.9. The van der Waals surface area contributed by atoms with Crippen LogP contribution in [0.25, 0.3) is 10.9 Å². The number of aromatic nitrogens is 3. The predicted octanol–water partition coefficient (Wildman–Crippen LogP) is 3.35. The topological polar surface area (TPSA) is 52.3 Å². The molecular formula is C20H21F3N4O2. The molecule has 0 radical (unpaired) electrons. The highest BCUT2D eigenvalue weighted by atomic mass is 19.4. The lowest BCUT2D eigenvalue weighted by atomic mass is 10.1. The monoisotopic (exact) mass is 406 g/mol. The van der Waals surface area contributed by atoms with Crippen LogP contribution in [0.3, 0.4) is 0 Å². The Balaban J connectivity index is 1.45. The second kappa shape index (κ2) is 7.46. The van der Waals surface area contributed by atoms with Crippen LogP contribution in [0, 0.1) is 0 Å². The molecule has 3 heterocycles. The average Bonchev–Trinajstić information content (AvgIpc) is 3.07. The van der Waals surface area contributed by atoms with Crippen molar-refractivity contribution in [3.63, 3.8) is 0 Å². The van der Waals surface area contributed by atoms with E-state index in [1.807, 2.05) is 4.90 Å². The lowest BCUT2D eigenvalue weighted by Crippen LogP contribution is -2.39. The van der Waals surface area contributed by atoms with Gasteiger partial charge in [0.25, 0.3) is 5.56 Å². The predicted molar refractivity (Wildman–Crippen MR) is 103 cm³/mol. The van der Waals surface area contributed by atoms with Gasteiger partial charge in [-0.05, 0) is 18.2 Å². The van der Waals surface area contributed by atoms with Gasteiger partial charge in [-0.1, -0.05) is 6.07 Å². The number of nitrogens with zero attached hydrogens (tertiary/aromatic N) is 4. The fourth-order valence-electron chi connectivity index (χ4n) is 3.64. The van der Waals surface area contributed by atoms with E-state index >= 15 is 0 Å². The fraction of sp³-hybridized carbons (Fsp3) is 0.400. The van der Waals surface area contributed by atoms with Gasteiger partial charge in [0.05, 0.1) is 11.8 Å². The van der Waals surface area contributed by atoms with Crippen LogP contribution in [-0.4, -0.2) is 39.5 Å². The van der Waals surface area contributed by atoms with Crippen molar-refractivity contribution >= 4 is 16.7 Å². The minimum Gasteiger partial charge on any atom is -0.490 e. The van der Waals surface area contributed by atoms with Gasteiger partial charge in [0.2, 0.25) is 0 Å². The Bertz CT molecular complexity index is 1070. The summed E-state index contributed by atoms with van der Waals surface area (Å²) in [6.45, 7) is 0.355. The highest BCUT2D eigenvalue weighted by Gasteiger charge is 2.29. The summed E-state index contributed by atoms with van der Waals surface area (Å²) in [6, 6.07) is 8.34. The van der Waals surface area contributed by atoms with Gasteiger partial charge in [0, 0.05) is 50.6 Å². The molecule has 0 amide bonds. The van der Waals surface area contributed by atoms with Gasteiger partial charge in [-0.25, -0.2) is 4.98 Å². The Kier molecular flexibility index (Phi) is 4.97. The van der Waals surface area contributed by atoms with Crippen molar-refractivity contribution in [1.82, 2.24) is 14.1 Å². The van der Waals surface area contributed by atoms with E-state index in [0.29, 0.717) is 35.6 Å². The van der Waals surface area contributed by atoms with Crippen molar-refractivity contribution in [2.45, 2.75) is 31.7 Å². The Morgan fingerprint density at radius 1 is 1.21 bits per heavy atom. The molecule has 154 valence electrons. The summed E-state index contributed by atoms with van der Waals surface area (Å²) in [6.07, 6.45) is 0.0890. The minimum atomic E-state index is -4.28. The van der Waals surface area contributed by atoms with Crippen molar-refractivity contribution < 1.29 is 17.9 Å². The van der Waals surface area contributed by atoms with Crippen molar-refractivity contribution in [3.8, 4) is 5.75 Å². The molecule has 6 nitrogen and oxygen atoms in total. The van der Waals surface area contributed by atoms with Crippen LogP contribution in [0.1, 0.15) is 12.8 Å². The molecule has 0 aliphatic carbocycles. The largest absolute Gasteiger partial charge is 0.490 e. The second-order valence-electron chi connectivity index (χ2n) is 7.25. The zero-order valence-corrected chi connectivity index (χ0v) is 15.9. The van der Waals surface area contributed by atoms with E-state index in [0.717, 1.165) is 12.8 Å². The molecule has 2 aromatic heterocycles. The van der Waals surface area contributed by atoms with E-state index in [-0.39, 0.29) is 11.7 Å². The third kappa shape index (κ3) is 4.23. The molecule has 0 N–H and O–H groups in total. The number of halogens is 3. The quantitative estimate of drug-likeness (QED) is 0.667. The lowest BCUT2D eigenvalue weighted by molar-refractivity contribution is -0.139. The first kappa shape index (κ1) is 19.4. The van der Waals surface area contributed by atoms with Gasteiger partial charge in [-0.2, -0.15) is 13.2 Å². The Morgan fingerprint density at radius 3 is 2.66 bits per heavy atom. The molecule has 29 heavy (non-hydrogen) atoms. The first-order valence-electron chi connectivity index (χ1n) is 9.39. The van der Waals surface area contributed by atoms with Crippen molar-refractivity contribution in [2.24, 2.45) is 7.05 Å². The molecule has 1 saturated heterocycles. The summed E-state index contributed by atoms with van der Waals surface area (Å²) in [5, 5.41) is 0.674. The summed E-state index contributed by atoms with van der Waals surface area (Å²) in [7, 11) is 1.65. The molecule has 1 aliphatic rings. The standard InChI is InChI=1S/C20H21F3N4O2/c1-25-13-24-18(11-19(25)28)26-8-5-14(6-9-26)29-17-4-2-3-16-15(17)7-10-27(16)12-20(21,22)23/h2-4,7,10-11,13-14H,5-6,8-9,12H2,1H3. The maximum Gasteiger partial charge on any atom is 0.406 e. The lowest BCUT2D eigenvalue weighted by Gasteiger charge is -2.33. The highest BCUT2D eigenvalue weighted by Crippen LogP contribution is 2.31. The van der Waals surface area contributed by atoms with Crippen molar-refractivity contribution in [1.29, 1.82) is 0 Å². The molecule has 0 unspecified atom stereocenters. The third-order valence-corrected chi connectivity index (χ3v) is 5.15. The molecule has 1 fully saturated rings. The second-order valence-corrected chi connectivity index (χ2v) is 7.25. The number of rotatable bonds is 4. The van der Waals surface area contributed by atoms with Gasteiger partial charge in [-0.15, -0.1) is 0 Å².